The van der Waals surface area contributed by atoms with Gasteiger partial charge in [-0.05, 0) is 56.0 Å². The third-order valence-corrected chi connectivity index (χ3v) is 4.86. The molecule has 140 valence electrons. The van der Waals surface area contributed by atoms with Crippen molar-refractivity contribution in [2.45, 2.75) is 19.3 Å². The second-order valence-electron chi connectivity index (χ2n) is 6.62. The van der Waals surface area contributed by atoms with E-state index in [1.165, 1.54) is 18.4 Å². The van der Waals surface area contributed by atoms with Crippen molar-refractivity contribution in [2.75, 3.05) is 26.2 Å². The summed E-state index contributed by atoms with van der Waals surface area (Å²) in [6.45, 7) is 3.53. The quantitative estimate of drug-likeness (QED) is 0.790. The Kier molecular flexibility index (Phi) is 7.95. The first-order chi connectivity index (χ1) is 12.2. The van der Waals surface area contributed by atoms with Gasteiger partial charge in [0.25, 0.3) is 0 Å². The van der Waals surface area contributed by atoms with Gasteiger partial charge >= 0.3 is 5.97 Å². The molecule has 0 aliphatic carbocycles. The van der Waals surface area contributed by atoms with Gasteiger partial charge in [0.2, 0.25) is 0 Å². The zero-order chi connectivity index (χ0) is 17.5. The summed E-state index contributed by atoms with van der Waals surface area (Å²) in [5.74, 6) is 0.263. The highest BCUT2D eigenvalue weighted by Gasteiger charge is 2.19. The Hall–Kier alpha value is -2.04. The fourth-order valence-electron chi connectivity index (χ4n) is 3.42. The first-order valence-corrected chi connectivity index (χ1v) is 8.94. The largest absolute Gasteiger partial charge is 0.491 e. The summed E-state index contributed by atoms with van der Waals surface area (Å²) in [7, 11) is 0. The number of para-hydroxylation sites is 1. The van der Waals surface area contributed by atoms with Crippen molar-refractivity contribution in [2.24, 2.45) is 5.92 Å². The van der Waals surface area contributed by atoms with Crippen LogP contribution in [-0.4, -0.2) is 42.2 Å². The van der Waals surface area contributed by atoms with Gasteiger partial charge in [0.05, 0.1) is 0 Å². The molecular weight excluding hydrogens is 350 g/mol. The van der Waals surface area contributed by atoms with E-state index >= 15 is 0 Å². The number of carbonyl (C=O) groups is 1. The molecule has 0 spiro atoms. The van der Waals surface area contributed by atoms with Crippen molar-refractivity contribution in [3.8, 4) is 5.75 Å². The maximum Gasteiger partial charge on any atom is 0.339 e. The first kappa shape index (κ1) is 20.3. The summed E-state index contributed by atoms with van der Waals surface area (Å²) in [6, 6.07) is 17.5. The molecular formula is C21H26ClNO3. The molecule has 0 atom stereocenters. The summed E-state index contributed by atoms with van der Waals surface area (Å²) < 4.78 is 5.70. The molecule has 1 saturated heterocycles. The average Bonchev–Trinajstić information content (AvgIpc) is 2.64. The van der Waals surface area contributed by atoms with Crippen molar-refractivity contribution < 1.29 is 14.6 Å². The van der Waals surface area contributed by atoms with E-state index < -0.39 is 5.97 Å². The average molecular weight is 376 g/mol. The summed E-state index contributed by atoms with van der Waals surface area (Å²) in [5, 5.41) is 9.17. The number of hydrogen-bond acceptors (Lipinski definition) is 3. The zero-order valence-electron chi connectivity index (χ0n) is 14.8. The number of carboxylic acids is 1. The van der Waals surface area contributed by atoms with Crippen LogP contribution in [0.2, 0.25) is 0 Å². The maximum absolute atomic E-state index is 11.2. The zero-order valence-corrected chi connectivity index (χ0v) is 15.7. The van der Waals surface area contributed by atoms with Gasteiger partial charge in [0.15, 0.2) is 0 Å². The maximum atomic E-state index is 11.2. The number of ether oxygens (including phenoxy) is 1. The Labute approximate surface area is 161 Å². The van der Waals surface area contributed by atoms with Gasteiger partial charge in [-0.1, -0.05) is 42.5 Å². The number of benzene rings is 2. The van der Waals surface area contributed by atoms with Crippen LogP contribution in [0.15, 0.2) is 54.6 Å². The Morgan fingerprint density at radius 2 is 1.69 bits per heavy atom. The van der Waals surface area contributed by atoms with Crippen molar-refractivity contribution in [1.29, 1.82) is 0 Å². The van der Waals surface area contributed by atoms with Crippen molar-refractivity contribution in [3.63, 3.8) is 0 Å². The highest BCUT2D eigenvalue weighted by atomic mass is 35.5. The topological polar surface area (TPSA) is 49.8 Å². The van der Waals surface area contributed by atoms with Crippen LogP contribution < -0.4 is 4.74 Å². The van der Waals surface area contributed by atoms with Crippen LogP contribution in [0.4, 0.5) is 0 Å². The molecule has 0 amide bonds. The molecule has 5 heteroatoms. The fraction of sp³-hybridized carbons (Fsp3) is 0.381. The van der Waals surface area contributed by atoms with Crippen LogP contribution in [0.3, 0.4) is 0 Å². The molecule has 0 aromatic heterocycles. The standard InChI is InChI=1S/C21H25NO3.ClH/c23-21(24)19-8-4-5-9-20(19)25-15-14-22-12-10-18(11-13-22)16-17-6-2-1-3-7-17;/h1-9,18H,10-16H2,(H,23,24);1H. The molecule has 0 saturated carbocycles. The minimum absolute atomic E-state index is 0. The molecule has 2 aromatic rings. The molecule has 3 rings (SSSR count). The van der Waals surface area contributed by atoms with E-state index in [1.54, 1.807) is 24.3 Å². The van der Waals surface area contributed by atoms with E-state index in [2.05, 4.69) is 35.2 Å². The van der Waals surface area contributed by atoms with Gasteiger partial charge in [-0.3, -0.25) is 4.90 Å². The van der Waals surface area contributed by atoms with E-state index in [9.17, 15) is 9.90 Å². The predicted molar refractivity (Wildman–Crippen MR) is 105 cm³/mol. The number of rotatable bonds is 7. The molecule has 0 unspecified atom stereocenters. The normalized spacial score (nSPS) is 15.2. The molecule has 0 bridgehead atoms. The number of halogens is 1. The second-order valence-corrected chi connectivity index (χ2v) is 6.62. The minimum Gasteiger partial charge on any atom is -0.491 e. The Bertz CT molecular complexity index is 685. The van der Waals surface area contributed by atoms with Crippen LogP contribution in [0.1, 0.15) is 28.8 Å². The number of carboxylic acid groups (broad SMARTS) is 1. The van der Waals surface area contributed by atoms with E-state index in [0.29, 0.717) is 12.4 Å². The van der Waals surface area contributed by atoms with Crippen molar-refractivity contribution in [1.82, 2.24) is 4.90 Å². The van der Waals surface area contributed by atoms with E-state index in [0.717, 1.165) is 32.0 Å². The summed E-state index contributed by atoms with van der Waals surface area (Å²) >= 11 is 0. The Morgan fingerprint density at radius 1 is 1.04 bits per heavy atom. The molecule has 26 heavy (non-hydrogen) atoms. The minimum atomic E-state index is -0.947. The van der Waals surface area contributed by atoms with Crippen LogP contribution in [0.5, 0.6) is 5.75 Å². The third kappa shape index (κ3) is 5.75. The molecule has 4 nitrogen and oxygen atoms in total. The SMILES string of the molecule is Cl.O=C(O)c1ccccc1OCCN1CCC(Cc2ccccc2)CC1. The molecule has 1 heterocycles. The van der Waals surface area contributed by atoms with Gasteiger partial charge in [-0.25, -0.2) is 4.79 Å². The molecule has 2 aromatic carbocycles. The second kappa shape index (κ2) is 10.2. The van der Waals surface area contributed by atoms with Gasteiger partial charge in [-0.2, -0.15) is 0 Å². The lowest BCUT2D eigenvalue weighted by atomic mass is 9.90. The Morgan fingerprint density at radius 3 is 2.38 bits per heavy atom. The van der Waals surface area contributed by atoms with Gasteiger partial charge < -0.3 is 9.84 Å². The highest BCUT2D eigenvalue weighted by Crippen LogP contribution is 2.22. The first-order valence-electron chi connectivity index (χ1n) is 8.94. The molecule has 1 aliphatic rings. The van der Waals surface area contributed by atoms with Crippen LogP contribution >= 0.6 is 12.4 Å². The molecule has 0 radical (unpaired) electrons. The molecule has 1 N–H and O–H groups in total. The van der Waals surface area contributed by atoms with Crippen LogP contribution in [0.25, 0.3) is 0 Å². The highest BCUT2D eigenvalue weighted by molar-refractivity contribution is 5.90. The lowest BCUT2D eigenvalue weighted by Crippen LogP contribution is -2.37. The summed E-state index contributed by atoms with van der Waals surface area (Å²) in [5.41, 5.74) is 1.65. The molecule has 1 fully saturated rings. The van der Waals surface area contributed by atoms with Gasteiger partial charge in [-0.15, -0.1) is 12.4 Å². The van der Waals surface area contributed by atoms with Crippen LogP contribution in [0, 0.1) is 5.92 Å². The Balaban J connectivity index is 0.00000243. The van der Waals surface area contributed by atoms with Crippen molar-refractivity contribution in [3.05, 3.63) is 65.7 Å². The number of nitrogens with zero attached hydrogens (tertiary/aromatic N) is 1. The lowest BCUT2D eigenvalue weighted by Gasteiger charge is -2.32. The molecule has 1 aliphatic heterocycles. The fourth-order valence-corrected chi connectivity index (χ4v) is 3.42. The number of likely N-dealkylation sites (tertiary alicyclic amines) is 1. The van der Waals surface area contributed by atoms with Crippen molar-refractivity contribution >= 4 is 18.4 Å². The lowest BCUT2D eigenvalue weighted by molar-refractivity contribution is 0.0691. The van der Waals surface area contributed by atoms with E-state index in [4.69, 9.17) is 4.74 Å². The van der Waals surface area contributed by atoms with E-state index in [-0.39, 0.29) is 18.0 Å². The monoisotopic (exact) mass is 375 g/mol. The summed E-state index contributed by atoms with van der Waals surface area (Å²) in [6.07, 6.45) is 3.58. The van der Waals surface area contributed by atoms with Gasteiger partial charge in [0, 0.05) is 6.54 Å². The van der Waals surface area contributed by atoms with Gasteiger partial charge in [0.1, 0.15) is 17.9 Å². The van der Waals surface area contributed by atoms with E-state index in [1.807, 2.05) is 0 Å². The third-order valence-electron chi connectivity index (χ3n) is 4.86. The van der Waals surface area contributed by atoms with Crippen LogP contribution in [-0.2, 0) is 6.42 Å². The summed E-state index contributed by atoms with van der Waals surface area (Å²) in [4.78, 5) is 13.6. The number of hydrogen-bond donors (Lipinski definition) is 1. The number of aromatic carboxylic acids is 1. The number of piperidine rings is 1. The predicted octanol–water partition coefficient (Wildman–Crippen LogP) is 4.14. The smallest absolute Gasteiger partial charge is 0.339 e.